The molecule has 0 saturated carbocycles. The van der Waals surface area contributed by atoms with E-state index in [1.807, 2.05) is 6.92 Å². The highest BCUT2D eigenvalue weighted by atomic mass is 16.5. The number of rotatable bonds is 3. The van der Waals surface area contributed by atoms with Gasteiger partial charge in [0.05, 0.1) is 12.3 Å². The van der Waals surface area contributed by atoms with E-state index >= 15 is 0 Å². The predicted octanol–water partition coefficient (Wildman–Crippen LogP) is 1.82. The van der Waals surface area contributed by atoms with Crippen molar-refractivity contribution in [2.24, 2.45) is 0 Å². The van der Waals surface area contributed by atoms with Crippen LogP contribution in [0.15, 0.2) is 6.07 Å². The van der Waals surface area contributed by atoms with E-state index in [-0.39, 0.29) is 0 Å². The third-order valence-corrected chi connectivity index (χ3v) is 4.79. The van der Waals surface area contributed by atoms with Crippen molar-refractivity contribution in [2.45, 2.75) is 38.1 Å². The summed E-state index contributed by atoms with van der Waals surface area (Å²) < 4.78 is 5.50. The second kappa shape index (κ2) is 6.28. The van der Waals surface area contributed by atoms with Gasteiger partial charge in [0.2, 0.25) is 0 Å². The Hall–Kier alpha value is -1.20. The molecule has 0 radical (unpaired) electrons. The highest BCUT2D eigenvalue weighted by Gasteiger charge is 2.24. The monoisotopic (exact) mass is 290 g/mol. The summed E-state index contributed by atoms with van der Waals surface area (Å²) in [5, 5.41) is 0. The van der Waals surface area contributed by atoms with Gasteiger partial charge in [0.15, 0.2) is 0 Å². The van der Waals surface area contributed by atoms with Gasteiger partial charge in [-0.2, -0.15) is 0 Å². The molecule has 2 aliphatic heterocycles. The van der Waals surface area contributed by atoms with E-state index < -0.39 is 0 Å². The Morgan fingerprint density at radius 3 is 2.67 bits per heavy atom. The van der Waals surface area contributed by atoms with Crippen LogP contribution < -0.4 is 4.90 Å². The quantitative estimate of drug-likeness (QED) is 0.849. The standard InChI is InChI=1S/C16H26N4O/c1-12-17-15(13-6-9-21-11-13)10-16(18-12)20(3)14-4-7-19(2)8-5-14/h10,13-14H,4-9,11H2,1-3H3/t13-/m0/s1. The van der Waals surface area contributed by atoms with Crippen LogP contribution in [0.2, 0.25) is 0 Å². The fraction of sp³-hybridized carbons (Fsp3) is 0.750. The zero-order valence-corrected chi connectivity index (χ0v) is 13.4. The number of hydrogen-bond acceptors (Lipinski definition) is 5. The summed E-state index contributed by atoms with van der Waals surface area (Å²) in [5.41, 5.74) is 1.15. The van der Waals surface area contributed by atoms with Gasteiger partial charge in [-0.25, -0.2) is 9.97 Å². The van der Waals surface area contributed by atoms with Crippen LogP contribution >= 0.6 is 0 Å². The van der Waals surface area contributed by atoms with Gasteiger partial charge in [-0.15, -0.1) is 0 Å². The number of aryl methyl sites for hydroxylation is 1. The molecule has 0 unspecified atom stereocenters. The van der Waals surface area contributed by atoms with E-state index in [1.165, 1.54) is 25.9 Å². The van der Waals surface area contributed by atoms with Crippen LogP contribution in [0.3, 0.4) is 0 Å². The first-order valence-corrected chi connectivity index (χ1v) is 7.98. The zero-order valence-electron chi connectivity index (χ0n) is 13.4. The van der Waals surface area contributed by atoms with Gasteiger partial charge < -0.3 is 14.5 Å². The molecule has 2 saturated heterocycles. The van der Waals surface area contributed by atoms with E-state index in [1.54, 1.807) is 0 Å². The molecule has 116 valence electrons. The SMILES string of the molecule is Cc1nc([C@H]2CCOC2)cc(N(C)C2CCN(C)CC2)n1. The number of piperidine rings is 1. The molecule has 0 spiro atoms. The molecule has 1 aromatic rings. The average molecular weight is 290 g/mol. The van der Waals surface area contributed by atoms with E-state index in [0.717, 1.165) is 37.0 Å². The molecular formula is C16H26N4O. The fourth-order valence-electron chi connectivity index (χ4n) is 3.30. The summed E-state index contributed by atoms with van der Waals surface area (Å²) in [4.78, 5) is 14.0. The molecule has 3 heterocycles. The lowest BCUT2D eigenvalue weighted by molar-refractivity contribution is 0.193. The third kappa shape index (κ3) is 3.35. The van der Waals surface area contributed by atoms with Crippen LogP contribution in [0.4, 0.5) is 5.82 Å². The first-order chi connectivity index (χ1) is 10.1. The largest absolute Gasteiger partial charge is 0.381 e. The third-order valence-electron chi connectivity index (χ3n) is 4.79. The van der Waals surface area contributed by atoms with Gasteiger partial charge in [0.1, 0.15) is 11.6 Å². The number of likely N-dealkylation sites (tertiary alicyclic amines) is 1. The summed E-state index contributed by atoms with van der Waals surface area (Å²) in [6, 6.07) is 2.76. The Morgan fingerprint density at radius 1 is 1.24 bits per heavy atom. The second-order valence-electron chi connectivity index (χ2n) is 6.40. The van der Waals surface area contributed by atoms with Crippen molar-refractivity contribution in [3.05, 3.63) is 17.6 Å². The number of aromatic nitrogens is 2. The van der Waals surface area contributed by atoms with Crippen molar-refractivity contribution >= 4 is 5.82 Å². The lowest BCUT2D eigenvalue weighted by Crippen LogP contribution is -2.42. The second-order valence-corrected chi connectivity index (χ2v) is 6.40. The number of hydrogen-bond donors (Lipinski definition) is 0. The van der Waals surface area contributed by atoms with Crippen molar-refractivity contribution in [1.82, 2.24) is 14.9 Å². The van der Waals surface area contributed by atoms with Gasteiger partial charge >= 0.3 is 0 Å². The van der Waals surface area contributed by atoms with E-state index in [2.05, 4.69) is 39.9 Å². The van der Waals surface area contributed by atoms with Gasteiger partial charge in [0.25, 0.3) is 0 Å². The molecule has 5 heteroatoms. The number of anilines is 1. The van der Waals surface area contributed by atoms with Gasteiger partial charge in [0, 0.05) is 31.7 Å². The van der Waals surface area contributed by atoms with Gasteiger partial charge in [-0.1, -0.05) is 0 Å². The number of nitrogens with zero attached hydrogens (tertiary/aromatic N) is 4. The van der Waals surface area contributed by atoms with Gasteiger partial charge in [-0.3, -0.25) is 0 Å². The van der Waals surface area contributed by atoms with E-state index in [0.29, 0.717) is 12.0 Å². The van der Waals surface area contributed by atoms with Crippen molar-refractivity contribution in [2.75, 3.05) is 45.3 Å². The Labute approximate surface area is 127 Å². The summed E-state index contributed by atoms with van der Waals surface area (Å²) >= 11 is 0. The molecule has 5 nitrogen and oxygen atoms in total. The topological polar surface area (TPSA) is 41.5 Å². The Balaban J connectivity index is 1.77. The van der Waals surface area contributed by atoms with Crippen LogP contribution in [0, 0.1) is 6.92 Å². The van der Waals surface area contributed by atoms with Crippen molar-refractivity contribution in [3.8, 4) is 0 Å². The highest BCUT2D eigenvalue weighted by Crippen LogP contribution is 2.27. The molecule has 3 rings (SSSR count). The molecule has 0 N–H and O–H groups in total. The summed E-state index contributed by atoms with van der Waals surface area (Å²) in [6.07, 6.45) is 3.49. The van der Waals surface area contributed by atoms with Crippen LogP contribution in [0.5, 0.6) is 0 Å². The normalized spacial score (nSPS) is 24.4. The van der Waals surface area contributed by atoms with E-state index in [4.69, 9.17) is 4.74 Å². The number of ether oxygens (including phenoxy) is 1. The summed E-state index contributed by atoms with van der Waals surface area (Å²) in [6.45, 7) is 5.98. The van der Waals surface area contributed by atoms with Crippen molar-refractivity contribution in [3.63, 3.8) is 0 Å². The fourth-order valence-corrected chi connectivity index (χ4v) is 3.30. The minimum absolute atomic E-state index is 0.441. The van der Waals surface area contributed by atoms with E-state index in [9.17, 15) is 0 Å². The first-order valence-electron chi connectivity index (χ1n) is 7.98. The Bertz CT molecular complexity index is 479. The highest BCUT2D eigenvalue weighted by molar-refractivity contribution is 5.41. The smallest absolute Gasteiger partial charge is 0.132 e. The zero-order chi connectivity index (χ0) is 14.8. The maximum Gasteiger partial charge on any atom is 0.132 e. The molecule has 21 heavy (non-hydrogen) atoms. The van der Waals surface area contributed by atoms with Crippen LogP contribution in [-0.2, 0) is 4.74 Å². The molecule has 0 amide bonds. The maximum atomic E-state index is 5.50. The molecule has 1 aromatic heterocycles. The average Bonchev–Trinajstić information content (AvgIpc) is 3.01. The predicted molar refractivity (Wildman–Crippen MR) is 83.9 cm³/mol. The molecule has 0 aromatic carbocycles. The molecule has 2 fully saturated rings. The Morgan fingerprint density at radius 2 is 2.00 bits per heavy atom. The van der Waals surface area contributed by atoms with Crippen molar-refractivity contribution < 1.29 is 4.74 Å². The lowest BCUT2D eigenvalue weighted by atomic mass is 10.0. The van der Waals surface area contributed by atoms with Crippen molar-refractivity contribution in [1.29, 1.82) is 0 Å². The molecule has 0 bridgehead atoms. The van der Waals surface area contributed by atoms with Crippen LogP contribution in [-0.4, -0.2) is 61.3 Å². The first kappa shape index (κ1) is 14.7. The summed E-state index contributed by atoms with van der Waals surface area (Å²) in [5.74, 6) is 2.38. The molecule has 0 aliphatic carbocycles. The van der Waals surface area contributed by atoms with Crippen LogP contribution in [0.25, 0.3) is 0 Å². The lowest BCUT2D eigenvalue weighted by Gasteiger charge is -2.36. The summed E-state index contributed by atoms with van der Waals surface area (Å²) in [7, 11) is 4.37. The molecule has 1 atom stereocenters. The van der Waals surface area contributed by atoms with Gasteiger partial charge in [-0.05, 0) is 46.3 Å². The minimum Gasteiger partial charge on any atom is -0.381 e. The maximum absolute atomic E-state index is 5.50. The van der Waals surface area contributed by atoms with Crippen LogP contribution in [0.1, 0.15) is 36.7 Å². The minimum atomic E-state index is 0.441. The molecule has 2 aliphatic rings. The Kier molecular flexibility index (Phi) is 4.40. The molecular weight excluding hydrogens is 264 g/mol.